The van der Waals surface area contributed by atoms with Crippen LogP contribution < -0.4 is 0 Å². The molecule has 0 nitrogen and oxygen atoms in total. The van der Waals surface area contributed by atoms with Crippen LogP contribution in [0, 0.1) is 23.7 Å². The van der Waals surface area contributed by atoms with E-state index in [4.69, 9.17) is 0 Å². The van der Waals surface area contributed by atoms with Crippen molar-refractivity contribution in [3.05, 3.63) is 71.8 Å². The summed E-state index contributed by atoms with van der Waals surface area (Å²) >= 11 is 0. The van der Waals surface area contributed by atoms with Gasteiger partial charge in [0.25, 0.3) is 0 Å². The van der Waals surface area contributed by atoms with Gasteiger partial charge in [-0.25, -0.2) is 0 Å². The third-order valence-electron chi connectivity index (χ3n) is 6.93. The van der Waals surface area contributed by atoms with E-state index in [1.54, 1.807) is 11.1 Å². The van der Waals surface area contributed by atoms with Crippen LogP contribution in [0.5, 0.6) is 0 Å². The summed E-state index contributed by atoms with van der Waals surface area (Å²) in [6, 6.07) is 22.9. The second-order valence-corrected chi connectivity index (χ2v) is 7.91. The SMILES string of the molecule is c1ccc(C2(c3ccccc3)C3CC4CC(C3)CC2C4)cc1. The second kappa shape index (κ2) is 4.72. The molecule has 2 aromatic carbocycles. The van der Waals surface area contributed by atoms with Crippen LogP contribution in [0.4, 0.5) is 0 Å². The van der Waals surface area contributed by atoms with E-state index in [1.807, 2.05) is 0 Å². The van der Waals surface area contributed by atoms with Gasteiger partial charge in [0.2, 0.25) is 0 Å². The maximum atomic E-state index is 2.40. The average molecular weight is 288 g/mol. The van der Waals surface area contributed by atoms with Crippen molar-refractivity contribution in [1.29, 1.82) is 0 Å². The third-order valence-corrected chi connectivity index (χ3v) is 6.93. The zero-order valence-corrected chi connectivity index (χ0v) is 13.1. The summed E-state index contributed by atoms with van der Waals surface area (Å²) in [5.74, 6) is 3.74. The zero-order chi connectivity index (χ0) is 14.6. The largest absolute Gasteiger partial charge is 0.0622 e. The number of rotatable bonds is 2. The van der Waals surface area contributed by atoms with Crippen LogP contribution in [0.3, 0.4) is 0 Å². The molecule has 0 unspecified atom stereocenters. The van der Waals surface area contributed by atoms with E-state index in [-0.39, 0.29) is 5.41 Å². The molecule has 4 bridgehead atoms. The zero-order valence-electron chi connectivity index (χ0n) is 13.1. The molecule has 0 aliphatic heterocycles. The van der Waals surface area contributed by atoms with E-state index in [1.165, 1.54) is 32.1 Å². The maximum absolute atomic E-state index is 2.40. The second-order valence-electron chi connectivity index (χ2n) is 7.91. The highest BCUT2D eigenvalue weighted by molar-refractivity contribution is 5.43. The minimum Gasteiger partial charge on any atom is -0.0622 e. The number of hydrogen-bond acceptors (Lipinski definition) is 0. The summed E-state index contributed by atoms with van der Waals surface area (Å²) in [4.78, 5) is 0. The van der Waals surface area contributed by atoms with Crippen molar-refractivity contribution in [1.82, 2.24) is 0 Å². The van der Waals surface area contributed by atoms with Crippen molar-refractivity contribution < 1.29 is 0 Å². The first kappa shape index (κ1) is 12.9. The van der Waals surface area contributed by atoms with Crippen LogP contribution >= 0.6 is 0 Å². The Morgan fingerprint density at radius 3 is 1.36 bits per heavy atom. The van der Waals surface area contributed by atoms with Crippen LogP contribution in [0.1, 0.15) is 43.2 Å². The first-order valence-electron chi connectivity index (χ1n) is 8.98. The van der Waals surface area contributed by atoms with Gasteiger partial charge in [-0.05, 0) is 66.9 Å². The lowest BCUT2D eigenvalue weighted by Crippen LogP contribution is -2.56. The minimum absolute atomic E-state index is 0.288. The molecule has 0 heteroatoms. The highest BCUT2D eigenvalue weighted by atomic mass is 14.6. The molecule has 0 aromatic heterocycles. The molecule has 0 saturated heterocycles. The smallest absolute Gasteiger partial charge is 0.0259 e. The average Bonchev–Trinajstić information content (AvgIpc) is 2.56. The normalized spacial score (nSPS) is 34.7. The summed E-state index contributed by atoms with van der Waals surface area (Å²) in [6.07, 6.45) is 7.34. The fourth-order valence-electron chi connectivity index (χ4n) is 6.46. The van der Waals surface area contributed by atoms with Gasteiger partial charge in [-0.3, -0.25) is 0 Å². The number of hydrogen-bond donors (Lipinski definition) is 0. The van der Waals surface area contributed by atoms with Crippen LogP contribution in [0.25, 0.3) is 0 Å². The minimum atomic E-state index is 0.288. The Morgan fingerprint density at radius 1 is 0.545 bits per heavy atom. The van der Waals surface area contributed by atoms with Gasteiger partial charge in [-0.2, -0.15) is 0 Å². The van der Waals surface area contributed by atoms with Gasteiger partial charge in [0.15, 0.2) is 0 Å². The molecule has 0 radical (unpaired) electrons. The van der Waals surface area contributed by atoms with E-state index in [9.17, 15) is 0 Å². The molecule has 2 aromatic rings. The lowest BCUT2D eigenvalue weighted by atomic mass is 9.42. The van der Waals surface area contributed by atoms with Crippen molar-refractivity contribution in [2.75, 3.05) is 0 Å². The van der Waals surface area contributed by atoms with Gasteiger partial charge >= 0.3 is 0 Å². The highest BCUT2D eigenvalue weighted by Gasteiger charge is 2.58. The number of benzene rings is 2. The summed E-state index contributed by atoms with van der Waals surface area (Å²) in [6.45, 7) is 0. The van der Waals surface area contributed by atoms with Crippen molar-refractivity contribution in [2.24, 2.45) is 23.7 Å². The molecule has 4 aliphatic rings. The lowest BCUT2D eigenvalue weighted by Gasteiger charge is -2.62. The first-order valence-corrected chi connectivity index (χ1v) is 8.98. The van der Waals surface area contributed by atoms with E-state index >= 15 is 0 Å². The first-order chi connectivity index (χ1) is 10.9. The van der Waals surface area contributed by atoms with Gasteiger partial charge in [-0.1, -0.05) is 60.7 Å². The van der Waals surface area contributed by atoms with Crippen molar-refractivity contribution in [3.63, 3.8) is 0 Å². The molecule has 0 spiro atoms. The predicted molar refractivity (Wildman–Crippen MR) is 90.7 cm³/mol. The summed E-state index contributed by atoms with van der Waals surface area (Å²) < 4.78 is 0. The molecule has 112 valence electrons. The maximum Gasteiger partial charge on any atom is 0.0259 e. The van der Waals surface area contributed by atoms with E-state index in [0.29, 0.717) is 0 Å². The molecule has 0 heterocycles. The topological polar surface area (TPSA) is 0 Å². The Balaban J connectivity index is 1.74. The fraction of sp³-hybridized carbons (Fsp3) is 0.455. The van der Waals surface area contributed by atoms with Gasteiger partial charge in [0.05, 0.1) is 0 Å². The van der Waals surface area contributed by atoms with Crippen LogP contribution in [0.2, 0.25) is 0 Å². The molecular weight excluding hydrogens is 264 g/mol. The molecule has 4 saturated carbocycles. The molecule has 0 N–H and O–H groups in total. The molecule has 22 heavy (non-hydrogen) atoms. The van der Waals surface area contributed by atoms with Crippen LogP contribution in [-0.4, -0.2) is 0 Å². The molecular formula is C22H24. The highest BCUT2D eigenvalue weighted by Crippen LogP contribution is 2.65. The van der Waals surface area contributed by atoms with Crippen molar-refractivity contribution >= 4 is 0 Å². The Morgan fingerprint density at radius 2 is 0.955 bits per heavy atom. The summed E-state index contributed by atoms with van der Waals surface area (Å²) in [5, 5.41) is 0. The molecule has 4 aliphatic carbocycles. The van der Waals surface area contributed by atoms with Crippen LogP contribution in [-0.2, 0) is 5.41 Å². The Labute approximate surface area is 133 Å². The van der Waals surface area contributed by atoms with Gasteiger partial charge < -0.3 is 0 Å². The molecule has 6 rings (SSSR count). The predicted octanol–water partition coefficient (Wildman–Crippen LogP) is 5.43. The van der Waals surface area contributed by atoms with Crippen molar-refractivity contribution in [3.8, 4) is 0 Å². The van der Waals surface area contributed by atoms with E-state index in [0.717, 1.165) is 23.7 Å². The van der Waals surface area contributed by atoms with Crippen LogP contribution in [0.15, 0.2) is 60.7 Å². The Bertz CT molecular complexity index is 585. The van der Waals surface area contributed by atoms with Crippen molar-refractivity contribution in [2.45, 2.75) is 37.5 Å². The summed E-state index contributed by atoms with van der Waals surface area (Å²) in [7, 11) is 0. The Kier molecular flexibility index (Phi) is 2.77. The van der Waals surface area contributed by atoms with E-state index in [2.05, 4.69) is 60.7 Å². The quantitative estimate of drug-likeness (QED) is 0.691. The summed E-state index contributed by atoms with van der Waals surface area (Å²) in [5.41, 5.74) is 3.45. The third kappa shape index (κ3) is 1.64. The monoisotopic (exact) mass is 288 g/mol. The fourth-order valence-corrected chi connectivity index (χ4v) is 6.46. The van der Waals surface area contributed by atoms with Gasteiger partial charge in [0.1, 0.15) is 0 Å². The van der Waals surface area contributed by atoms with E-state index < -0.39 is 0 Å². The molecule has 0 amide bonds. The Hall–Kier alpha value is -1.56. The lowest BCUT2D eigenvalue weighted by molar-refractivity contribution is -0.0418. The van der Waals surface area contributed by atoms with Gasteiger partial charge in [-0.15, -0.1) is 0 Å². The molecule has 0 atom stereocenters. The molecule has 4 fully saturated rings. The van der Waals surface area contributed by atoms with Gasteiger partial charge in [0, 0.05) is 5.41 Å². The standard InChI is InChI=1S/C22H24/c1-3-7-18(8-4-1)22(19-9-5-2-6-10-19)20-12-16-11-17(14-20)15-21(22)13-16/h1-10,16-17,20-21H,11-15H2.